The van der Waals surface area contributed by atoms with Crippen molar-refractivity contribution in [3.8, 4) is 0 Å². The van der Waals surface area contributed by atoms with Crippen LogP contribution < -0.4 is 10.6 Å². The molecule has 0 spiro atoms. The molecule has 0 unspecified atom stereocenters. The van der Waals surface area contributed by atoms with Gasteiger partial charge in [-0.3, -0.25) is 4.79 Å². The van der Waals surface area contributed by atoms with Gasteiger partial charge in [0.05, 0.1) is 13.0 Å². The van der Waals surface area contributed by atoms with E-state index in [2.05, 4.69) is 10.6 Å². The summed E-state index contributed by atoms with van der Waals surface area (Å²) in [4.78, 5) is 23.5. The van der Waals surface area contributed by atoms with Crippen molar-refractivity contribution < 1.29 is 19.1 Å². The van der Waals surface area contributed by atoms with Crippen molar-refractivity contribution in [1.29, 1.82) is 0 Å². The van der Waals surface area contributed by atoms with Crippen molar-refractivity contribution >= 4 is 12.1 Å². The third kappa shape index (κ3) is 4.46. The fraction of sp³-hybridized carbons (Fsp3) is 0.467. The number of ether oxygens (including phenoxy) is 2. The van der Waals surface area contributed by atoms with Crippen molar-refractivity contribution in [3.63, 3.8) is 0 Å². The Labute approximate surface area is 123 Å². The first-order valence-electron chi connectivity index (χ1n) is 6.96. The van der Waals surface area contributed by atoms with E-state index in [0.717, 1.165) is 12.1 Å². The van der Waals surface area contributed by atoms with Crippen LogP contribution >= 0.6 is 0 Å². The van der Waals surface area contributed by atoms with Gasteiger partial charge in [-0.15, -0.1) is 0 Å². The number of carbonyl (C=O) groups excluding carboxylic acids is 2. The molecule has 0 bridgehead atoms. The molecular formula is C15H20N2O4. The minimum atomic E-state index is -0.514. The molecule has 6 heteroatoms. The van der Waals surface area contributed by atoms with Crippen LogP contribution in [0.15, 0.2) is 30.3 Å². The third-order valence-corrected chi connectivity index (χ3v) is 3.50. The number of hydrogen-bond donors (Lipinski definition) is 2. The molecule has 1 aliphatic rings. The molecule has 1 amide bonds. The first kappa shape index (κ1) is 15.3. The van der Waals surface area contributed by atoms with Crippen molar-refractivity contribution in [2.45, 2.75) is 19.1 Å². The second kappa shape index (κ2) is 7.64. The molecule has 6 nitrogen and oxygen atoms in total. The second-order valence-electron chi connectivity index (χ2n) is 4.94. The molecule has 1 heterocycles. The average molecular weight is 292 g/mol. The normalized spacial score (nSPS) is 21.4. The lowest BCUT2D eigenvalue weighted by molar-refractivity contribution is -0.146. The van der Waals surface area contributed by atoms with E-state index in [-0.39, 0.29) is 24.5 Å². The number of alkyl carbamates (subject to hydrolysis) is 1. The van der Waals surface area contributed by atoms with E-state index in [0.29, 0.717) is 13.0 Å². The quantitative estimate of drug-likeness (QED) is 0.812. The Morgan fingerprint density at radius 3 is 2.81 bits per heavy atom. The Hall–Kier alpha value is -2.08. The summed E-state index contributed by atoms with van der Waals surface area (Å²) in [5.74, 6) is -0.705. The molecule has 2 N–H and O–H groups in total. The molecule has 1 aromatic carbocycles. The van der Waals surface area contributed by atoms with Crippen LogP contribution in [0.5, 0.6) is 0 Å². The van der Waals surface area contributed by atoms with Gasteiger partial charge < -0.3 is 20.1 Å². The summed E-state index contributed by atoms with van der Waals surface area (Å²) in [6, 6.07) is 9.18. The van der Waals surface area contributed by atoms with Crippen LogP contribution in [0.25, 0.3) is 0 Å². The lowest BCUT2D eigenvalue weighted by Gasteiger charge is -2.30. The molecular weight excluding hydrogens is 272 g/mol. The summed E-state index contributed by atoms with van der Waals surface area (Å²) in [6.07, 6.45) is 0.153. The van der Waals surface area contributed by atoms with E-state index in [1.165, 1.54) is 7.11 Å². The number of hydrogen-bond acceptors (Lipinski definition) is 5. The van der Waals surface area contributed by atoms with Crippen LogP contribution in [0.2, 0.25) is 0 Å². The predicted molar refractivity (Wildman–Crippen MR) is 76.5 cm³/mol. The monoisotopic (exact) mass is 292 g/mol. The van der Waals surface area contributed by atoms with Crippen molar-refractivity contribution in [2.75, 3.05) is 20.2 Å². The SMILES string of the molecule is COC(=O)[C@@H]1CNCC[C@@H]1NC(=O)OCc1ccccc1. The van der Waals surface area contributed by atoms with E-state index in [1.807, 2.05) is 30.3 Å². The van der Waals surface area contributed by atoms with Crippen LogP contribution in [0.3, 0.4) is 0 Å². The molecule has 114 valence electrons. The van der Waals surface area contributed by atoms with E-state index < -0.39 is 6.09 Å². The average Bonchev–Trinajstić information content (AvgIpc) is 2.54. The number of esters is 1. The van der Waals surface area contributed by atoms with Crippen molar-refractivity contribution in [3.05, 3.63) is 35.9 Å². The van der Waals surface area contributed by atoms with Crippen molar-refractivity contribution in [1.82, 2.24) is 10.6 Å². The summed E-state index contributed by atoms with van der Waals surface area (Å²) in [7, 11) is 1.35. The Balaban J connectivity index is 1.84. The molecule has 0 radical (unpaired) electrons. The highest BCUT2D eigenvalue weighted by molar-refractivity contribution is 5.75. The molecule has 1 aromatic rings. The number of amides is 1. The molecule has 21 heavy (non-hydrogen) atoms. The van der Waals surface area contributed by atoms with Gasteiger partial charge in [0.1, 0.15) is 6.61 Å². The predicted octanol–water partition coefficient (Wildman–Crippen LogP) is 1.06. The number of benzene rings is 1. The first-order chi connectivity index (χ1) is 10.2. The van der Waals surface area contributed by atoms with Crippen LogP contribution in [-0.4, -0.2) is 38.3 Å². The lowest BCUT2D eigenvalue weighted by Crippen LogP contribution is -2.52. The van der Waals surface area contributed by atoms with Gasteiger partial charge in [-0.05, 0) is 18.5 Å². The largest absolute Gasteiger partial charge is 0.469 e. The highest BCUT2D eigenvalue weighted by Crippen LogP contribution is 2.13. The van der Waals surface area contributed by atoms with Gasteiger partial charge in [0.2, 0.25) is 0 Å². The zero-order valence-corrected chi connectivity index (χ0v) is 12.0. The van der Waals surface area contributed by atoms with Crippen molar-refractivity contribution in [2.24, 2.45) is 5.92 Å². The van der Waals surface area contributed by atoms with Crippen LogP contribution in [-0.2, 0) is 20.9 Å². The van der Waals surface area contributed by atoms with Gasteiger partial charge in [-0.25, -0.2) is 4.79 Å². The lowest BCUT2D eigenvalue weighted by atomic mass is 9.93. The molecule has 1 aliphatic heterocycles. The number of carbonyl (C=O) groups is 2. The van der Waals surface area contributed by atoms with Crippen LogP contribution in [0.1, 0.15) is 12.0 Å². The third-order valence-electron chi connectivity index (χ3n) is 3.50. The number of nitrogens with one attached hydrogen (secondary N) is 2. The Kier molecular flexibility index (Phi) is 5.57. The number of rotatable bonds is 4. The van der Waals surface area contributed by atoms with E-state index in [9.17, 15) is 9.59 Å². The van der Waals surface area contributed by atoms with Gasteiger partial charge in [0, 0.05) is 12.6 Å². The molecule has 2 rings (SSSR count). The Bertz CT molecular complexity index is 478. The molecule has 0 aliphatic carbocycles. The zero-order chi connectivity index (χ0) is 15.1. The van der Waals surface area contributed by atoms with E-state index >= 15 is 0 Å². The molecule has 1 fully saturated rings. The topological polar surface area (TPSA) is 76.7 Å². The first-order valence-corrected chi connectivity index (χ1v) is 6.96. The summed E-state index contributed by atoms with van der Waals surface area (Å²) in [6.45, 7) is 1.45. The highest BCUT2D eigenvalue weighted by atomic mass is 16.5. The van der Waals surface area contributed by atoms with Gasteiger partial charge in [0.15, 0.2) is 0 Å². The minimum absolute atomic E-state index is 0.209. The zero-order valence-electron chi connectivity index (χ0n) is 12.0. The summed E-state index contributed by atoms with van der Waals surface area (Å²) < 4.78 is 9.93. The van der Waals surface area contributed by atoms with E-state index in [4.69, 9.17) is 9.47 Å². The molecule has 1 saturated heterocycles. The fourth-order valence-electron chi connectivity index (χ4n) is 2.35. The maximum absolute atomic E-state index is 11.8. The van der Waals surface area contributed by atoms with Gasteiger partial charge in [0.25, 0.3) is 0 Å². The maximum atomic E-state index is 11.8. The highest BCUT2D eigenvalue weighted by Gasteiger charge is 2.33. The maximum Gasteiger partial charge on any atom is 0.407 e. The fourth-order valence-corrected chi connectivity index (χ4v) is 2.35. The summed E-state index contributed by atoms with van der Waals surface area (Å²) >= 11 is 0. The van der Waals surface area contributed by atoms with Crippen LogP contribution in [0, 0.1) is 5.92 Å². The van der Waals surface area contributed by atoms with Gasteiger partial charge in [-0.2, -0.15) is 0 Å². The molecule has 0 saturated carbocycles. The smallest absolute Gasteiger partial charge is 0.407 e. The summed E-state index contributed by atoms with van der Waals surface area (Å²) in [5.41, 5.74) is 0.919. The van der Waals surface area contributed by atoms with E-state index in [1.54, 1.807) is 0 Å². The Morgan fingerprint density at radius 1 is 1.33 bits per heavy atom. The molecule has 0 aromatic heterocycles. The second-order valence-corrected chi connectivity index (χ2v) is 4.94. The van der Waals surface area contributed by atoms with Gasteiger partial charge in [-0.1, -0.05) is 30.3 Å². The van der Waals surface area contributed by atoms with Gasteiger partial charge >= 0.3 is 12.1 Å². The standard InChI is InChI=1S/C15H20N2O4/c1-20-14(18)12-9-16-8-7-13(12)17-15(19)21-10-11-5-3-2-4-6-11/h2-6,12-13,16H,7-10H2,1H3,(H,17,19)/t12-,13+/m1/s1. The molecule has 2 atom stereocenters. The number of piperidine rings is 1. The minimum Gasteiger partial charge on any atom is -0.469 e. The summed E-state index contributed by atoms with van der Waals surface area (Å²) in [5, 5.41) is 5.87. The van der Waals surface area contributed by atoms with Crippen LogP contribution in [0.4, 0.5) is 4.79 Å². The Morgan fingerprint density at radius 2 is 2.10 bits per heavy atom. The number of methoxy groups -OCH3 is 1.